The lowest BCUT2D eigenvalue weighted by Crippen LogP contribution is -2.35. The molecule has 20 heavy (non-hydrogen) atoms. The summed E-state index contributed by atoms with van der Waals surface area (Å²) in [5.74, 6) is 1.06. The van der Waals surface area contributed by atoms with E-state index in [9.17, 15) is 4.79 Å². The van der Waals surface area contributed by atoms with E-state index < -0.39 is 5.60 Å². The zero-order chi connectivity index (χ0) is 14.3. The molecular formula is C16H21NO2S. The first-order valence-electron chi connectivity index (χ1n) is 7.13. The summed E-state index contributed by atoms with van der Waals surface area (Å²) in [6.07, 6.45) is 3.27. The van der Waals surface area contributed by atoms with Crippen LogP contribution in [0.4, 0.5) is 4.79 Å². The molecule has 0 radical (unpaired) electrons. The number of fused-ring (bicyclic) bond motifs is 1. The number of likely N-dealkylation sites (tertiary alicyclic amines) is 1. The number of hydrogen-bond donors (Lipinski definition) is 0. The molecule has 3 nitrogen and oxygen atoms in total. The average molecular weight is 291 g/mol. The molecule has 0 bridgehead atoms. The molecule has 1 aliphatic carbocycles. The van der Waals surface area contributed by atoms with Gasteiger partial charge >= 0.3 is 6.09 Å². The van der Waals surface area contributed by atoms with Gasteiger partial charge in [0, 0.05) is 13.1 Å². The minimum atomic E-state index is -0.410. The first-order chi connectivity index (χ1) is 9.42. The molecule has 1 aromatic heterocycles. The third kappa shape index (κ3) is 2.75. The first-order valence-corrected chi connectivity index (χ1v) is 8.08. The molecule has 1 amide bonds. The highest BCUT2D eigenvalue weighted by Crippen LogP contribution is 2.41. The van der Waals surface area contributed by atoms with Gasteiger partial charge in [-0.2, -0.15) is 11.3 Å². The van der Waals surface area contributed by atoms with Crippen molar-refractivity contribution < 1.29 is 9.53 Å². The molecule has 2 unspecified atom stereocenters. The number of hydrogen-bond acceptors (Lipinski definition) is 3. The summed E-state index contributed by atoms with van der Waals surface area (Å²) in [4.78, 5) is 13.9. The molecule has 0 aromatic carbocycles. The summed E-state index contributed by atoms with van der Waals surface area (Å²) in [7, 11) is 0. The summed E-state index contributed by atoms with van der Waals surface area (Å²) in [5, 5.41) is 4.33. The Labute approximate surface area is 124 Å². The van der Waals surface area contributed by atoms with Crippen molar-refractivity contribution in [1.29, 1.82) is 0 Å². The Morgan fingerprint density at radius 2 is 2.20 bits per heavy atom. The van der Waals surface area contributed by atoms with Gasteiger partial charge in [0.05, 0.1) is 0 Å². The molecule has 1 aliphatic heterocycles. The summed E-state index contributed by atoms with van der Waals surface area (Å²) in [6, 6.07) is 2.18. The Balaban J connectivity index is 1.64. The second kappa shape index (κ2) is 4.92. The van der Waals surface area contributed by atoms with Crippen LogP contribution in [-0.2, 0) is 4.74 Å². The van der Waals surface area contributed by atoms with Gasteiger partial charge in [0.25, 0.3) is 0 Å². The van der Waals surface area contributed by atoms with Crippen molar-refractivity contribution in [3.8, 4) is 0 Å². The molecule has 3 rings (SSSR count). The van der Waals surface area contributed by atoms with Gasteiger partial charge in [-0.1, -0.05) is 6.08 Å². The van der Waals surface area contributed by atoms with Crippen LogP contribution >= 0.6 is 11.3 Å². The Kier molecular flexibility index (Phi) is 3.36. The summed E-state index contributed by atoms with van der Waals surface area (Å²) < 4.78 is 5.45. The summed E-state index contributed by atoms with van der Waals surface area (Å²) in [5.41, 5.74) is 2.39. The van der Waals surface area contributed by atoms with E-state index in [1.165, 1.54) is 11.1 Å². The second-order valence-electron chi connectivity index (χ2n) is 6.72. The topological polar surface area (TPSA) is 29.5 Å². The normalized spacial score (nSPS) is 25.6. The highest BCUT2D eigenvalue weighted by molar-refractivity contribution is 7.08. The van der Waals surface area contributed by atoms with Crippen molar-refractivity contribution in [1.82, 2.24) is 4.90 Å². The zero-order valence-electron chi connectivity index (χ0n) is 12.3. The Bertz CT molecular complexity index is 527. The molecule has 1 fully saturated rings. The molecule has 0 N–H and O–H groups in total. The first kappa shape index (κ1) is 13.7. The van der Waals surface area contributed by atoms with Gasteiger partial charge in [-0.05, 0) is 67.0 Å². The maximum atomic E-state index is 12.1. The molecule has 108 valence electrons. The van der Waals surface area contributed by atoms with Gasteiger partial charge in [-0.15, -0.1) is 0 Å². The monoisotopic (exact) mass is 291 g/mol. The third-order valence-corrected chi connectivity index (χ3v) is 4.62. The van der Waals surface area contributed by atoms with Gasteiger partial charge < -0.3 is 9.64 Å². The highest BCUT2D eigenvalue weighted by Gasteiger charge is 2.39. The van der Waals surface area contributed by atoms with Crippen LogP contribution in [0.5, 0.6) is 0 Å². The van der Waals surface area contributed by atoms with Crippen molar-refractivity contribution >= 4 is 23.0 Å². The molecule has 0 spiro atoms. The van der Waals surface area contributed by atoms with Crippen molar-refractivity contribution in [2.24, 2.45) is 11.8 Å². The van der Waals surface area contributed by atoms with Crippen LogP contribution in [0, 0.1) is 11.8 Å². The average Bonchev–Trinajstić information content (AvgIpc) is 3.01. The summed E-state index contributed by atoms with van der Waals surface area (Å²) >= 11 is 1.74. The molecular weight excluding hydrogens is 270 g/mol. The van der Waals surface area contributed by atoms with E-state index in [1.807, 2.05) is 25.7 Å². The van der Waals surface area contributed by atoms with Gasteiger partial charge in [0.1, 0.15) is 5.60 Å². The fraction of sp³-hybridized carbons (Fsp3) is 0.562. The van der Waals surface area contributed by atoms with Crippen LogP contribution in [0.1, 0.15) is 32.8 Å². The molecule has 4 heteroatoms. The minimum absolute atomic E-state index is 0.169. The molecule has 2 atom stereocenters. The molecule has 2 heterocycles. The number of carbonyl (C=O) groups is 1. The lowest BCUT2D eigenvalue weighted by Gasteiger charge is -2.24. The Morgan fingerprint density at radius 3 is 2.80 bits per heavy atom. The van der Waals surface area contributed by atoms with Crippen molar-refractivity contribution in [3.63, 3.8) is 0 Å². The minimum Gasteiger partial charge on any atom is -0.444 e. The van der Waals surface area contributed by atoms with Gasteiger partial charge in [-0.25, -0.2) is 4.79 Å². The van der Waals surface area contributed by atoms with Crippen LogP contribution in [-0.4, -0.2) is 29.7 Å². The van der Waals surface area contributed by atoms with Gasteiger partial charge in [0.2, 0.25) is 0 Å². The maximum Gasteiger partial charge on any atom is 0.410 e. The van der Waals surface area contributed by atoms with Gasteiger partial charge in [0.15, 0.2) is 0 Å². The van der Waals surface area contributed by atoms with E-state index >= 15 is 0 Å². The highest BCUT2D eigenvalue weighted by atomic mass is 32.1. The Morgan fingerprint density at radius 1 is 1.40 bits per heavy atom. The van der Waals surface area contributed by atoms with E-state index in [2.05, 4.69) is 22.9 Å². The maximum absolute atomic E-state index is 12.1. The lowest BCUT2D eigenvalue weighted by atomic mass is 9.99. The molecule has 1 aromatic rings. The van der Waals surface area contributed by atoms with Crippen LogP contribution in [0.15, 0.2) is 22.9 Å². The van der Waals surface area contributed by atoms with Crippen molar-refractivity contribution in [3.05, 3.63) is 28.5 Å². The standard InChI is InChI=1S/C16H21NO2S/c1-16(2,3)19-15(18)17-8-13-6-12(7-14(13)9-17)11-4-5-20-10-11/h4-6,10,13-14H,7-9H2,1-3H3. The molecule has 2 aliphatic rings. The molecule has 1 saturated heterocycles. The van der Waals surface area contributed by atoms with Crippen LogP contribution in [0.2, 0.25) is 0 Å². The van der Waals surface area contributed by atoms with Crippen molar-refractivity contribution in [2.45, 2.75) is 32.8 Å². The second-order valence-corrected chi connectivity index (χ2v) is 7.50. The largest absolute Gasteiger partial charge is 0.444 e. The fourth-order valence-corrected chi connectivity index (χ4v) is 3.73. The number of thiophene rings is 1. The number of nitrogens with zero attached hydrogens (tertiary/aromatic N) is 1. The fourth-order valence-electron chi connectivity index (χ4n) is 3.05. The summed E-state index contributed by atoms with van der Waals surface area (Å²) in [6.45, 7) is 7.36. The lowest BCUT2D eigenvalue weighted by molar-refractivity contribution is 0.0285. The van der Waals surface area contributed by atoms with Gasteiger partial charge in [-0.3, -0.25) is 0 Å². The predicted molar refractivity (Wildman–Crippen MR) is 81.7 cm³/mol. The predicted octanol–water partition coefficient (Wildman–Crippen LogP) is 4.02. The van der Waals surface area contributed by atoms with Crippen LogP contribution < -0.4 is 0 Å². The number of allylic oxidation sites excluding steroid dienone is 1. The Hall–Kier alpha value is -1.29. The SMILES string of the molecule is CC(C)(C)OC(=O)N1CC2C=C(c3ccsc3)CC2C1. The van der Waals surface area contributed by atoms with E-state index in [0.717, 1.165) is 19.5 Å². The number of ether oxygens (including phenoxy) is 1. The smallest absolute Gasteiger partial charge is 0.410 e. The number of amides is 1. The van der Waals surface area contributed by atoms with E-state index in [4.69, 9.17) is 4.74 Å². The quantitative estimate of drug-likeness (QED) is 0.782. The number of rotatable bonds is 1. The van der Waals surface area contributed by atoms with Crippen LogP contribution in [0.25, 0.3) is 5.57 Å². The van der Waals surface area contributed by atoms with E-state index in [0.29, 0.717) is 11.8 Å². The molecule has 0 saturated carbocycles. The zero-order valence-corrected chi connectivity index (χ0v) is 13.1. The van der Waals surface area contributed by atoms with E-state index in [1.54, 1.807) is 11.3 Å². The van der Waals surface area contributed by atoms with Crippen LogP contribution in [0.3, 0.4) is 0 Å². The third-order valence-electron chi connectivity index (χ3n) is 3.93. The van der Waals surface area contributed by atoms with Crippen molar-refractivity contribution in [2.75, 3.05) is 13.1 Å². The number of carbonyl (C=O) groups excluding carboxylic acids is 1. The van der Waals surface area contributed by atoms with E-state index in [-0.39, 0.29) is 6.09 Å².